The molecule has 0 bridgehead atoms. The number of anilines is 1. The predicted octanol–water partition coefficient (Wildman–Crippen LogP) is 7.18. The molecule has 0 spiro atoms. The number of likely N-dealkylation sites (N-methyl/N-ethyl adjacent to an activating group) is 1. The van der Waals surface area contributed by atoms with Crippen molar-refractivity contribution < 1.29 is 26.3 Å². The van der Waals surface area contributed by atoms with Crippen molar-refractivity contribution in [1.29, 1.82) is 0 Å². The second-order valence-corrected chi connectivity index (χ2v) is 13.7. The molecule has 2 heterocycles. The molecule has 36 heavy (non-hydrogen) atoms. The van der Waals surface area contributed by atoms with Crippen molar-refractivity contribution in [3.63, 3.8) is 0 Å². The van der Waals surface area contributed by atoms with E-state index in [4.69, 9.17) is 4.74 Å². The number of aryl methyl sites for hydroxylation is 2. The Bertz CT molecular complexity index is 1360. The molecule has 0 radical (unpaired) electrons. The molecule has 1 aromatic heterocycles. The summed E-state index contributed by atoms with van der Waals surface area (Å²) in [6.07, 6.45) is -4.44. The molecule has 1 unspecified atom stereocenters. The lowest BCUT2D eigenvalue weighted by molar-refractivity contribution is -0.139. The first-order valence-electron chi connectivity index (χ1n) is 11.0. The molecular weight excluding hydrogens is 597 g/mol. The zero-order valence-electron chi connectivity index (χ0n) is 19.6. The fourth-order valence-electron chi connectivity index (χ4n) is 3.88. The summed E-state index contributed by atoms with van der Waals surface area (Å²) in [4.78, 5) is 3.01. The molecule has 0 saturated carbocycles. The van der Waals surface area contributed by atoms with Crippen LogP contribution < -0.4 is 9.46 Å². The number of hydrogen-bond acceptors (Lipinski definition) is 6. The second-order valence-electron chi connectivity index (χ2n) is 8.63. The first-order chi connectivity index (χ1) is 16.8. The van der Waals surface area contributed by atoms with Crippen LogP contribution in [0, 0.1) is 13.8 Å². The van der Waals surface area contributed by atoms with E-state index in [9.17, 15) is 21.6 Å². The summed E-state index contributed by atoms with van der Waals surface area (Å²) in [6, 6.07) is 10.5. The van der Waals surface area contributed by atoms with Gasteiger partial charge in [0.25, 0.3) is 10.0 Å². The highest BCUT2D eigenvalue weighted by Crippen LogP contribution is 2.44. The molecule has 0 aliphatic carbocycles. The smallest absolute Gasteiger partial charge is 0.419 e. The first kappa shape index (κ1) is 27.3. The van der Waals surface area contributed by atoms with Crippen LogP contribution in [0.15, 0.2) is 60.3 Å². The van der Waals surface area contributed by atoms with E-state index in [-0.39, 0.29) is 15.6 Å². The summed E-state index contributed by atoms with van der Waals surface area (Å²) >= 11 is 6.00. The number of rotatable bonds is 7. The van der Waals surface area contributed by atoms with Gasteiger partial charge in [-0.1, -0.05) is 30.0 Å². The lowest BCUT2D eigenvalue weighted by Crippen LogP contribution is -2.23. The Kier molecular flexibility index (Phi) is 8.01. The van der Waals surface area contributed by atoms with Gasteiger partial charge in [-0.25, -0.2) is 8.42 Å². The monoisotopic (exact) mass is 620 g/mol. The van der Waals surface area contributed by atoms with E-state index < -0.39 is 27.9 Å². The van der Waals surface area contributed by atoms with Gasteiger partial charge in [-0.3, -0.25) is 4.72 Å². The van der Waals surface area contributed by atoms with Crippen molar-refractivity contribution in [2.45, 2.75) is 45.9 Å². The summed E-state index contributed by atoms with van der Waals surface area (Å²) < 4.78 is 76.5. The normalized spacial score (nSPS) is 16.9. The van der Waals surface area contributed by atoms with E-state index in [0.29, 0.717) is 24.0 Å². The number of nitrogens with one attached hydrogen (secondary N) is 1. The van der Waals surface area contributed by atoms with E-state index in [1.807, 2.05) is 44.0 Å². The number of sulfonamides is 1. The molecule has 194 valence electrons. The minimum atomic E-state index is -4.63. The van der Waals surface area contributed by atoms with Gasteiger partial charge in [0.05, 0.1) is 15.5 Å². The van der Waals surface area contributed by atoms with Gasteiger partial charge >= 0.3 is 6.18 Å². The largest absolute Gasteiger partial charge is 0.488 e. The summed E-state index contributed by atoms with van der Waals surface area (Å²) in [5.41, 5.74) is 1.21. The molecule has 5 nitrogen and oxygen atoms in total. The number of thiophene rings is 1. The summed E-state index contributed by atoms with van der Waals surface area (Å²) in [6.45, 7) is 5.19. The van der Waals surface area contributed by atoms with Crippen molar-refractivity contribution >= 4 is 54.7 Å². The molecule has 1 aliphatic heterocycles. The van der Waals surface area contributed by atoms with E-state index in [1.165, 1.54) is 17.8 Å². The Labute approximate surface area is 225 Å². The number of ether oxygens (including phenoxy) is 1. The fourth-order valence-corrected chi connectivity index (χ4v) is 8.68. The fraction of sp³-hybridized carbons (Fsp3) is 0.333. The lowest BCUT2D eigenvalue weighted by atomic mass is 10.1. The van der Waals surface area contributed by atoms with Crippen molar-refractivity contribution in [1.82, 2.24) is 4.90 Å². The van der Waals surface area contributed by atoms with Crippen LogP contribution in [0.4, 0.5) is 18.9 Å². The molecule has 0 amide bonds. The molecule has 1 aliphatic rings. The Morgan fingerprint density at radius 3 is 2.47 bits per heavy atom. The number of nitrogens with zero attached hydrogens (tertiary/aromatic N) is 1. The zero-order chi connectivity index (χ0) is 26.3. The summed E-state index contributed by atoms with van der Waals surface area (Å²) in [5.74, 6) is -0.387. The van der Waals surface area contributed by atoms with Crippen LogP contribution in [0.25, 0.3) is 0 Å². The predicted molar refractivity (Wildman–Crippen MR) is 141 cm³/mol. The van der Waals surface area contributed by atoms with Crippen LogP contribution >= 0.6 is 39.0 Å². The number of likely N-dealkylation sites (tertiary alicyclic amines) is 1. The van der Waals surface area contributed by atoms with E-state index >= 15 is 0 Å². The van der Waals surface area contributed by atoms with Gasteiger partial charge in [-0.15, -0.1) is 11.3 Å². The van der Waals surface area contributed by atoms with E-state index in [1.54, 1.807) is 0 Å². The molecule has 1 saturated heterocycles. The average Bonchev–Trinajstić information content (AvgIpc) is 3.35. The number of hydrogen-bond donors (Lipinski definition) is 1. The van der Waals surface area contributed by atoms with Gasteiger partial charge in [0.15, 0.2) is 0 Å². The Morgan fingerprint density at radius 2 is 1.86 bits per heavy atom. The topological polar surface area (TPSA) is 58.6 Å². The molecule has 4 rings (SSSR count). The Balaban J connectivity index is 1.59. The molecular formula is C24H24BrF3N2O3S3. The Morgan fingerprint density at radius 1 is 1.17 bits per heavy atom. The molecule has 1 atom stereocenters. The highest BCUT2D eigenvalue weighted by Gasteiger charge is 2.36. The van der Waals surface area contributed by atoms with Gasteiger partial charge in [0.2, 0.25) is 0 Å². The van der Waals surface area contributed by atoms with Crippen LogP contribution in [0.5, 0.6) is 5.75 Å². The van der Waals surface area contributed by atoms with Gasteiger partial charge in [0, 0.05) is 28.5 Å². The van der Waals surface area contributed by atoms with E-state index in [0.717, 1.165) is 49.8 Å². The highest BCUT2D eigenvalue weighted by atomic mass is 79.9. The van der Waals surface area contributed by atoms with Crippen molar-refractivity contribution in [3.05, 3.63) is 63.6 Å². The van der Waals surface area contributed by atoms with Crippen LogP contribution in [-0.2, 0) is 16.2 Å². The standard InChI is InChI=1S/C24H24BrF3N2O3S3/c1-14-5-4-6-15(2)22(14)35-23-19(25)12-21(34-23)36(31,32)29-16-7-8-18(24(26,27)28)20(11-16)33-17-9-10-30(3)13-17/h4-8,11-12,17,29H,9-10,13H2,1-3H3. The maximum atomic E-state index is 13.6. The molecule has 12 heteroatoms. The maximum absolute atomic E-state index is 13.6. The second kappa shape index (κ2) is 10.6. The summed E-state index contributed by atoms with van der Waals surface area (Å²) in [5, 5.41) is 0. The third-order valence-electron chi connectivity index (χ3n) is 5.68. The van der Waals surface area contributed by atoms with Gasteiger partial charge < -0.3 is 9.64 Å². The maximum Gasteiger partial charge on any atom is 0.419 e. The Hall–Kier alpha value is -1.73. The van der Waals surface area contributed by atoms with Crippen molar-refractivity contribution in [2.24, 2.45) is 0 Å². The van der Waals surface area contributed by atoms with Crippen molar-refractivity contribution in [3.8, 4) is 5.75 Å². The number of benzene rings is 2. The van der Waals surface area contributed by atoms with Gasteiger partial charge in [0.1, 0.15) is 16.1 Å². The SMILES string of the molecule is Cc1cccc(C)c1Sc1sc(S(=O)(=O)Nc2ccc(C(F)(F)F)c(OC3CCN(C)C3)c2)cc1Br. The molecule has 1 fully saturated rings. The van der Waals surface area contributed by atoms with Crippen LogP contribution in [-0.4, -0.2) is 39.6 Å². The zero-order valence-corrected chi connectivity index (χ0v) is 23.7. The number of halogens is 4. The van der Waals surface area contributed by atoms with E-state index in [2.05, 4.69) is 20.7 Å². The van der Waals surface area contributed by atoms with Gasteiger partial charge in [-0.05, 0) is 72.6 Å². The molecule has 3 aromatic rings. The minimum absolute atomic E-state index is 0.00201. The van der Waals surface area contributed by atoms with Crippen molar-refractivity contribution in [2.75, 3.05) is 24.9 Å². The average molecular weight is 622 g/mol. The van der Waals surface area contributed by atoms with Crippen LogP contribution in [0.1, 0.15) is 23.1 Å². The minimum Gasteiger partial charge on any atom is -0.488 e. The quantitative estimate of drug-likeness (QED) is 0.303. The number of alkyl halides is 3. The van der Waals surface area contributed by atoms with Crippen LogP contribution in [0.2, 0.25) is 0 Å². The third-order valence-corrected chi connectivity index (χ3v) is 11.4. The summed E-state index contributed by atoms with van der Waals surface area (Å²) in [7, 11) is -2.18. The third kappa shape index (κ3) is 6.21. The first-order valence-corrected chi connectivity index (χ1v) is 14.9. The van der Waals surface area contributed by atoms with Gasteiger partial charge in [-0.2, -0.15) is 13.2 Å². The lowest BCUT2D eigenvalue weighted by Gasteiger charge is -2.19. The molecule has 1 N–H and O–H groups in total. The highest BCUT2D eigenvalue weighted by molar-refractivity contribution is 9.10. The molecule has 2 aromatic carbocycles. The van der Waals surface area contributed by atoms with Crippen LogP contribution in [0.3, 0.4) is 0 Å².